The number of carbonyl (C=O) groups is 1. The summed E-state index contributed by atoms with van der Waals surface area (Å²) in [5, 5.41) is 3.34. The topological polar surface area (TPSA) is 87.0 Å². The molecule has 2 aromatic carbocycles. The molecule has 0 spiro atoms. The van der Waals surface area contributed by atoms with E-state index in [-0.39, 0.29) is 5.78 Å². The molecule has 0 aliphatic heterocycles. The molecular formula is C24H24N4O4. The van der Waals surface area contributed by atoms with Crippen LogP contribution in [0.25, 0.3) is 16.9 Å². The largest absolute Gasteiger partial charge is 0.493 e. The number of nitrogens with zero attached hydrogens (tertiary/aromatic N) is 3. The Morgan fingerprint density at radius 3 is 2.44 bits per heavy atom. The van der Waals surface area contributed by atoms with Gasteiger partial charge in [0.15, 0.2) is 28.7 Å². The summed E-state index contributed by atoms with van der Waals surface area (Å²) in [6.07, 6.45) is 5.36. The lowest BCUT2D eigenvalue weighted by atomic mass is 10.1. The van der Waals surface area contributed by atoms with Gasteiger partial charge in [0.2, 0.25) is 5.75 Å². The van der Waals surface area contributed by atoms with E-state index in [1.807, 2.05) is 40.9 Å². The Balaban J connectivity index is 1.65. The number of ketones is 1. The normalized spacial score (nSPS) is 10.8. The number of anilines is 1. The number of fused-ring (bicyclic) bond motifs is 1. The summed E-state index contributed by atoms with van der Waals surface area (Å²) in [4.78, 5) is 20.8. The molecule has 0 aliphatic rings. The Hall–Kier alpha value is -4.07. The first-order chi connectivity index (χ1) is 15.5. The highest BCUT2D eigenvalue weighted by Crippen LogP contribution is 2.38. The quantitative estimate of drug-likeness (QED) is 0.417. The van der Waals surface area contributed by atoms with Gasteiger partial charge in [-0.15, -0.1) is 0 Å². The fourth-order valence-electron chi connectivity index (χ4n) is 3.58. The van der Waals surface area contributed by atoms with Gasteiger partial charge in [-0.3, -0.25) is 9.20 Å². The van der Waals surface area contributed by atoms with Crippen molar-refractivity contribution in [2.75, 3.05) is 26.6 Å². The van der Waals surface area contributed by atoms with Gasteiger partial charge in [0.05, 0.1) is 33.2 Å². The molecule has 2 heterocycles. The van der Waals surface area contributed by atoms with Crippen molar-refractivity contribution < 1.29 is 19.0 Å². The molecule has 0 saturated heterocycles. The minimum atomic E-state index is 0.0188. The number of benzene rings is 2. The second-order valence-electron chi connectivity index (χ2n) is 7.14. The third-order valence-electron chi connectivity index (χ3n) is 5.18. The van der Waals surface area contributed by atoms with E-state index in [9.17, 15) is 4.79 Å². The van der Waals surface area contributed by atoms with Crippen molar-refractivity contribution in [2.24, 2.45) is 0 Å². The van der Waals surface area contributed by atoms with Gasteiger partial charge in [-0.1, -0.05) is 18.2 Å². The second-order valence-corrected chi connectivity index (χ2v) is 7.14. The number of Topliss-reactive ketones (excluding diaryl/α,β-unsaturated/α-hetero) is 1. The molecule has 0 aliphatic carbocycles. The smallest absolute Gasteiger partial charge is 0.203 e. The summed E-state index contributed by atoms with van der Waals surface area (Å²) < 4.78 is 18.2. The van der Waals surface area contributed by atoms with Crippen LogP contribution in [-0.2, 0) is 6.54 Å². The van der Waals surface area contributed by atoms with Crippen molar-refractivity contribution in [3.63, 3.8) is 0 Å². The Morgan fingerprint density at radius 2 is 1.78 bits per heavy atom. The monoisotopic (exact) mass is 432 g/mol. The maximum absolute atomic E-state index is 11.8. The van der Waals surface area contributed by atoms with E-state index in [2.05, 4.69) is 15.3 Å². The van der Waals surface area contributed by atoms with E-state index >= 15 is 0 Å². The molecule has 8 nitrogen and oxygen atoms in total. The van der Waals surface area contributed by atoms with E-state index in [0.717, 1.165) is 16.8 Å². The van der Waals surface area contributed by atoms with Gasteiger partial charge in [0.25, 0.3) is 0 Å². The molecular weight excluding hydrogens is 408 g/mol. The van der Waals surface area contributed by atoms with Crippen LogP contribution >= 0.6 is 0 Å². The van der Waals surface area contributed by atoms with Gasteiger partial charge in [0.1, 0.15) is 0 Å². The van der Waals surface area contributed by atoms with Crippen LogP contribution in [0.5, 0.6) is 17.2 Å². The standard InChI is InChI=1S/C24H24N4O4/c1-15(29)17-6-5-7-18(12-17)19-14-27-23(24-25-8-9-28(19)24)26-13-16-10-20(30-2)22(32-4)21(11-16)31-3/h5-12,14H,13H2,1-4H3,(H,26,27). The van der Waals surface area contributed by atoms with E-state index in [4.69, 9.17) is 14.2 Å². The van der Waals surface area contributed by atoms with Gasteiger partial charge in [-0.05, 0) is 30.7 Å². The van der Waals surface area contributed by atoms with Crippen molar-refractivity contribution in [3.05, 3.63) is 66.1 Å². The number of methoxy groups -OCH3 is 3. The van der Waals surface area contributed by atoms with Gasteiger partial charge in [-0.25, -0.2) is 9.97 Å². The van der Waals surface area contributed by atoms with Crippen LogP contribution < -0.4 is 19.5 Å². The highest BCUT2D eigenvalue weighted by Gasteiger charge is 2.15. The lowest BCUT2D eigenvalue weighted by molar-refractivity contribution is 0.101. The third-order valence-corrected chi connectivity index (χ3v) is 5.18. The molecule has 0 fully saturated rings. The molecule has 32 heavy (non-hydrogen) atoms. The molecule has 2 aromatic heterocycles. The zero-order valence-electron chi connectivity index (χ0n) is 18.4. The van der Waals surface area contributed by atoms with Crippen LogP contribution in [0, 0.1) is 0 Å². The maximum Gasteiger partial charge on any atom is 0.203 e. The molecule has 0 atom stereocenters. The van der Waals surface area contributed by atoms with Crippen molar-refractivity contribution in [3.8, 4) is 28.5 Å². The number of rotatable bonds is 8. The van der Waals surface area contributed by atoms with Gasteiger partial charge < -0.3 is 19.5 Å². The van der Waals surface area contributed by atoms with Crippen molar-refractivity contribution in [1.29, 1.82) is 0 Å². The number of imidazole rings is 1. The molecule has 0 amide bonds. The van der Waals surface area contributed by atoms with E-state index in [1.54, 1.807) is 46.7 Å². The van der Waals surface area contributed by atoms with Crippen LogP contribution in [0.4, 0.5) is 5.82 Å². The zero-order chi connectivity index (χ0) is 22.7. The number of hydrogen-bond donors (Lipinski definition) is 1. The van der Waals surface area contributed by atoms with Gasteiger partial charge in [0, 0.05) is 30.1 Å². The van der Waals surface area contributed by atoms with Gasteiger partial charge >= 0.3 is 0 Å². The van der Waals surface area contributed by atoms with Crippen LogP contribution in [0.2, 0.25) is 0 Å². The van der Waals surface area contributed by atoms with Crippen molar-refractivity contribution in [2.45, 2.75) is 13.5 Å². The first-order valence-electron chi connectivity index (χ1n) is 10.0. The predicted octanol–water partition coefficient (Wildman–Crippen LogP) is 4.24. The Kier molecular flexibility index (Phi) is 5.93. The fraction of sp³-hybridized carbons (Fsp3) is 0.208. The first kappa shape index (κ1) is 21.2. The lowest BCUT2D eigenvalue weighted by Crippen LogP contribution is -2.06. The molecule has 8 heteroatoms. The van der Waals surface area contributed by atoms with E-state index in [1.165, 1.54) is 0 Å². The number of carbonyl (C=O) groups excluding carboxylic acids is 1. The van der Waals surface area contributed by atoms with E-state index < -0.39 is 0 Å². The highest BCUT2D eigenvalue weighted by molar-refractivity contribution is 5.95. The minimum absolute atomic E-state index is 0.0188. The Labute approximate surface area is 185 Å². The average molecular weight is 432 g/mol. The number of hydrogen-bond acceptors (Lipinski definition) is 7. The molecule has 0 bridgehead atoms. The zero-order valence-corrected chi connectivity index (χ0v) is 18.4. The van der Waals surface area contributed by atoms with Crippen molar-refractivity contribution >= 4 is 17.2 Å². The molecule has 0 saturated carbocycles. The van der Waals surface area contributed by atoms with Crippen molar-refractivity contribution in [1.82, 2.24) is 14.4 Å². The number of ether oxygens (including phenoxy) is 3. The summed E-state index contributed by atoms with van der Waals surface area (Å²) in [5.74, 6) is 2.37. The van der Waals surface area contributed by atoms with Gasteiger partial charge in [-0.2, -0.15) is 0 Å². The summed E-state index contributed by atoms with van der Waals surface area (Å²) in [7, 11) is 4.75. The van der Waals surface area contributed by atoms with Crippen LogP contribution in [0.1, 0.15) is 22.8 Å². The molecule has 164 valence electrons. The molecule has 4 rings (SSSR count). The summed E-state index contributed by atoms with van der Waals surface area (Å²) in [6.45, 7) is 2.03. The summed E-state index contributed by atoms with van der Waals surface area (Å²) >= 11 is 0. The lowest BCUT2D eigenvalue weighted by Gasteiger charge is -2.15. The predicted molar refractivity (Wildman–Crippen MR) is 122 cm³/mol. The Bertz CT molecular complexity index is 1260. The molecule has 0 unspecified atom stereocenters. The average Bonchev–Trinajstić information content (AvgIpc) is 3.32. The number of nitrogens with one attached hydrogen (secondary N) is 1. The van der Waals surface area contributed by atoms with E-state index in [0.29, 0.717) is 40.8 Å². The first-order valence-corrected chi connectivity index (χ1v) is 10.0. The maximum atomic E-state index is 11.8. The summed E-state index contributed by atoms with van der Waals surface area (Å²) in [6, 6.07) is 11.3. The molecule has 4 aromatic rings. The number of aromatic nitrogens is 3. The highest BCUT2D eigenvalue weighted by atomic mass is 16.5. The second kappa shape index (κ2) is 8.97. The fourth-order valence-corrected chi connectivity index (χ4v) is 3.58. The Morgan fingerprint density at radius 1 is 1.03 bits per heavy atom. The summed E-state index contributed by atoms with van der Waals surface area (Å²) in [5.41, 5.74) is 4.01. The minimum Gasteiger partial charge on any atom is -0.493 e. The van der Waals surface area contributed by atoms with Crippen LogP contribution in [-0.4, -0.2) is 41.5 Å². The third kappa shape index (κ3) is 3.94. The van der Waals surface area contributed by atoms with Crippen LogP contribution in [0.3, 0.4) is 0 Å². The SMILES string of the molecule is COc1cc(CNc2ncc(-c3cccc(C(C)=O)c3)n3ccnc23)cc(OC)c1OC. The molecule has 0 radical (unpaired) electrons. The van der Waals surface area contributed by atoms with Crippen LogP contribution in [0.15, 0.2) is 55.0 Å². The molecule has 1 N–H and O–H groups in total.